The maximum absolute atomic E-state index is 11.4. The highest BCUT2D eigenvalue weighted by Gasteiger charge is 2.28. The van der Waals surface area contributed by atoms with E-state index in [0.717, 1.165) is 26.1 Å². The van der Waals surface area contributed by atoms with E-state index >= 15 is 0 Å². The summed E-state index contributed by atoms with van der Waals surface area (Å²) in [5.74, 6) is -0.00993. The molecule has 3 nitrogen and oxygen atoms in total. The van der Waals surface area contributed by atoms with Crippen LogP contribution in [0.1, 0.15) is 12.0 Å². The third kappa shape index (κ3) is 2.61. The maximum atomic E-state index is 11.4. The Kier molecular flexibility index (Phi) is 3.57. The number of nitrogens with zero attached hydrogens (tertiary/aromatic N) is 1. The van der Waals surface area contributed by atoms with Crippen molar-refractivity contribution in [2.45, 2.75) is 13.0 Å². The number of benzene rings is 1. The fraction of sp³-hybridized carbons (Fsp3) is 0.462. The first-order valence-corrected chi connectivity index (χ1v) is 5.63. The summed E-state index contributed by atoms with van der Waals surface area (Å²) in [6, 6.07) is 10.3. The van der Waals surface area contributed by atoms with E-state index in [1.54, 1.807) is 0 Å². The highest BCUT2D eigenvalue weighted by atomic mass is 16.5. The number of carbonyl (C=O) groups is 1. The normalized spacial score (nSPS) is 20.9. The lowest BCUT2D eigenvalue weighted by atomic mass is 10.1. The van der Waals surface area contributed by atoms with E-state index in [1.807, 2.05) is 18.2 Å². The van der Waals surface area contributed by atoms with Gasteiger partial charge in [0.05, 0.1) is 13.0 Å². The second-order valence-corrected chi connectivity index (χ2v) is 4.23. The maximum Gasteiger partial charge on any atom is 0.310 e. The SMILES string of the molecule is COC(=O)[C@H]1CCN(Cc2ccccc2)C1. The predicted molar refractivity (Wildman–Crippen MR) is 61.8 cm³/mol. The molecule has 0 radical (unpaired) electrons. The van der Waals surface area contributed by atoms with Crippen molar-refractivity contribution in [1.29, 1.82) is 0 Å². The van der Waals surface area contributed by atoms with E-state index in [0.29, 0.717) is 0 Å². The first kappa shape index (κ1) is 11.1. The van der Waals surface area contributed by atoms with Crippen LogP contribution in [0.2, 0.25) is 0 Å². The van der Waals surface area contributed by atoms with Gasteiger partial charge in [-0.15, -0.1) is 0 Å². The van der Waals surface area contributed by atoms with Crippen LogP contribution in [0.5, 0.6) is 0 Å². The molecule has 1 fully saturated rings. The van der Waals surface area contributed by atoms with Crippen molar-refractivity contribution in [1.82, 2.24) is 4.90 Å². The molecule has 2 rings (SSSR count). The van der Waals surface area contributed by atoms with Gasteiger partial charge in [0.25, 0.3) is 0 Å². The van der Waals surface area contributed by atoms with Crippen molar-refractivity contribution >= 4 is 5.97 Å². The Balaban J connectivity index is 1.88. The van der Waals surface area contributed by atoms with Gasteiger partial charge in [0.15, 0.2) is 0 Å². The average Bonchev–Trinajstić information content (AvgIpc) is 2.78. The summed E-state index contributed by atoms with van der Waals surface area (Å²) in [5, 5.41) is 0. The minimum atomic E-state index is -0.0736. The van der Waals surface area contributed by atoms with Crippen molar-refractivity contribution in [3.63, 3.8) is 0 Å². The lowest BCUT2D eigenvalue weighted by molar-refractivity contribution is -0.144. The Hall–Kier alpha value is -1.35. The fourth-order valence-electron chi connectivity index (χ4n) is 2.18. The average molecular weight is 219 g/mol. The van der Waals surface area contributed by atoms with Crippen LogP contribution in [0.25, 0.3) is 0 Å². The molecule has 1 aliphatic rings. The molecule has 0 amide bonds. The quantitative estimate of drug-likeness (QED) is 0.724. The topological polar surface area (TPSA) is 29.5 Å². The van der Waals surface area contributed by atoms with Crippen molar-refractivity contribution in [2.75, 3.05) is 20.2 Å². The lowest BCUT2D eigenvalue weighted by Gasteiger charge is -2.15. The van der Waals surface area contributed by atoms with Gasteiger partial charge in [-0.1, -0.05) is 30.3 Å². The third-order valence-corrected chi connectivity index (χ3v) is 3.06. The molecule has 1 aromatic carbocycles. The Morgan fingerprint density at radius 3 is 2.88 bits per heavy atom. The number of rotatable bonds is 3. The molecule has 1 saturated heterocycles. The second kappa shape index (κ2) is 5.12. The van der Waals surface area contributed by atoms with Gasteiger partial charge in [-0.05, 0) is 18.5 Å². The predicted octanol–water partition coefficient (Wildman–Crippen LogP) is 1.68. The second-order valence-electron chi connectivity index (χ2n) is 4.23. The summed E-state index contributed by atoms with van der Waals surface area (Å²) in [6.45, 7) is 2.73. The Bertz CT molecular complexity index is 350. The number of hydrogen-bond donors (Lipinski definition) is 0. The van der Waals surface area contributed by atoms with Crippen molar-refractivity contribution in [2.24, 2.45) is 5.92 Å². The molecule has 0 N–H and O–H groups in total. The molecule has 0 aromatic heterocycles. The van der Waals surface area contributed by atoms with Gasteiger partial charge in [-0.25, -0.2) is 0 Å². The summed E-state index contributed by atoms with van der Waals surface area (Å²) in [7, 11) is 1.46. The molecule has 0 aliphatic carbocycles. The van der Waals surface area contributed by atoms with Crippen LogP contribution in [0, 0.1) is 5.92 Å². The van der Waals surface area contributed by atoms with Crippen LogP contribution in [0.15, 0.2) is 30.3 Å². The molecule has 0 spiro atoms. The van der Waals surface area contributed by atoms with Crippen LogP contribution >= 0.6 is 0 Å². The van der Waals surface area contributed by atoms with Gasteiger partial charge in [-0.2, -0.15) is 0 Å². The van der Waals surface area contributed by atoms with Crippen LogP contribution in [-0.2, 0) is 16.1 Å². The smallest absolute Gasteiger partial charge is 0.310 e. The highest BCUT2D eigenvalue weighted by Crippen LogP contribution is 2.19. The molecule has 1 aromatic rings. The van der Waals surface area contributed by atoms with Crippen molar-refractivity contribution in [3.05, 3.63) is 35.9 Å². The molecule has 16 heavy (non-hydrogen) atoms. The van der Waals surface area contributed by atoms with Gasteiger partial charge < -0.3 is 4.74 Å². The summed E-state index contributed by atoms with van der Waals surface area (Å²) >= 11 is 0. The van der Waals surface area contributed by atoms with E-state index in [4.69, 9.17) is 4.74 Å². The van der Waals surface area contributed by atoms with Crippen LogP contribution < -0.4 is 0 Å². The minimum Gasteiger partial charge on any atom is -0.469 e. The summed E-state index contributed by atoms with van der Waals surface area (Å²) in [5.41, 5.74) is 1.30. The number of esters is 1. The third-order valence-electron chi connectivity index (χ3n) is 3.06. The molecule has 0 unspecified atom stereocenters. The molecule has 86 valence electrons. The van der Waals surface area contributed by atoms with Gasteiger partial charge >= 0.3 is 5.97 Å². The minimum absolute atomic E-state index is 0.0636. The van der Waals surface area contributed by atoms with E-state index in [-0.39, 0.29) is 11.9 Å². The molecular weight excluding hydrogens is 202 g/mol. The standard InChI is InChI=1S/C13H17NO2/c1-16-13(15)12-7-8-14(10-12)9-11-5-3-2-4-6-11/h2-6,12H,7-10H2,1H3/t12-/m0/s1. The zero-order valence-corrected chi connectivity index (χ0v) is 9.56. The van der Waals surface area contributed by atoms with E-state index < -0.39 is 0 Å². The first-order chi connectivity index (χ1) is 7.79. The monoisotopic (exact) mass is 219 g/mol. The Morgan fingerprint density at radius 2 is 2.19 bits per heavy atom. The van der Waals surface area contributed by atoms with Gasteiger partial charge in [-0.3, -0.25) is 9.69 Å². The lowest BCUT2D eigenvalue weighted by Crippen LogP contribution is -2.23. The number of hydrogen-bond acceptors (Lipinski definition) is 3. The number of ether oxygens (including phenoxy) is 1. The molecular formula is C13H17NO2. The summed E-state index contributed by atoms with van der Waals surface area (Å²) < 4.78 is 4.77. The van der Waals surface area contributed by atoms with E-state index in [1.165, 1.54) is 12.7 Å². The number of methoxy groups -OCH3 is 1. The van der Waals surface area contributed by atoms with Crippen molar-refractivity contribution < 1.29 is 9.53 Å². The molecule has 3 heteroatoms. The molecule has 0 saturated carbocycles. The Labute approximate surface area is 96.0 Å². The van der Waals surface area contributed by atoms with E-state index in [9.17, 15) is 4.79 Å². The molecule has 1 heterocycles. The summed E-state index contributed by atoms with van der Waals surface area (Å²) in [4.78, 5) is 13.7. The molecule has 1 aliphatic heterocycles. The van der Waals surface area contributed by atoms with Crippen LogP contribution in [-0.4, -0.2) is 31.1 Å². The fourth-order valence-corrected chi connectivity index (χ4v) is 2.18. The van der Waals surface area contributed by atoms with Crippen LogP contribution in [0.4, 0.5) is 0 Å². The van der Waals surface area contributed by atoms with Crippen LogP contribution in [0.3, 0.4) is 0 Å². The van der Waals surface area contributed by atoms with Gasteiger partial charge in [0, 0.05) is 13.1 Å². The first-order valence-electron chi connectivity index (χ1n) is 5.63. The van der Waals surface area contributed by atoms with Crippen molar-refractivity contribution in [3.8, 4) is 0 Å². The van der Waals surface area contributed by atoms with E-state index in [2.05, 4.69) is 17.0 Å². The Morgan fingerprint density at radius 1 is 1.44 bits per heavy atom. The zero-order chi connectivity index (χ0) is 11.4. The van der Waals surface area contributed by atoms with Gasteiger partial charge in [0.1, 0.15) is 0 Å². The molecule has 0 bridgehead atoms. The largest absolute Gasteiger partial charge is 0.469 e. The molecule has 1 atom stereocenters. The van der Waals surface area contributed by atoms with Gasteiger partial charge in [0.2, 0.25) is 0 Å². The number of likely N-dealkylation sites (tertiary alicyclic amines) is 1. The summed E-state index contributed by atoms with van der Waals surface area (Å²) in [6.07, 6.45) is 0.916. The number of carbonyl (C=O) groups excluding carboxylic acids is 1. The zero-order valence-electron chi connectivity index (χ0n) is 9.56. The highest BCUT2D eigenvalue weighted by molar-refractivity contribution is 5.72.